The van der Waals surface area contributed by atoms with Crippen LogP contribution in [0.5, 0.6) is 0 Å². The second kappa shape index (κ2) is 10.4. The zero-order valence-corrected chi connectivity index (χ0v) is 13.7. The van der Waals surface area contributed by atoms with Crippen molar-refractivity contribution in [3.05, 3.63) is 28.0 Å². The first-order valence-corrected chi connectivity index (χ1v) is 8.21. The first-order chi connectivity index (χ1) is 9.69. The van der Waals surface area contributed by atoms with E-state index in [-0.39, 0.29) is 6.04 Å². The molecule has 0 saturated carbocycles. The van der Waals surface area contributed by atoms with Crippen LogP contribution in [0.25, 0.3) is 0 Å². The molecule has 0 saturated heterocycles. The minimum atomic E-state index is -0.00425. The van der Waals surface area contributed by atoms with E-state index < -0.39 is 0 Å². The van der Waals surface area contributed by atoms with Gasteiger partial charge in [-0.1, -0.05) is 75.1 Å². The third-order valence-corrected chi connectivity index (χ3v) is 3.97. The molecule has 1 heterocycles. The Morgan fingerprint density at radius 2 is 1.80 bits per heavy atom. The van der Waals surface area contributed by atoms with Crippen molar-refractivity contribution in [1.29, 1.82) is 0 Å². The van der Waals surface area contributed by atoms with E-state index in [0.717, 1.165) is 18.5 Å². The molecule has 20 heavy (non-hydrogen) atoms. The fraction of sp³-hybridized carbons (Fsp3) is 0.667. The summed E-state index contributed by atoms with van der Waals surface area (Å²) in [6.07, 6.45) is 11.5. The zero-order chi connectivity index (χ0) is 14.8. The van der Waals surface area contributed by atoms with Gasteiger partial charge in [-0.15, -0.1) is 0 Å². The normalized spacial score (nSPS) is 12.6. The SMILES string of the molecule is CCCCCCCCCC(NN)c1ncc(Cl)cc1Cl. The molecule has 3 nitrogen and oxygen atoms in total. The van der Waals surface area contributed by atoms with E-state index in [2.05, 4.69) is 17.3 Å². The van der Waals surface area contributed by atoms with Gasteiger partial charge >= 0.3 is 0 Å². The number of rotatable bonds is 10. The van der Waals surface area contributed by atoms with Crippen molar-refractivity contribution >= 4 is 23.2 Å². The van der Waals surface area contributed by atoms with Crippen LogP contribution in [-0.4, -0.2) is 4.98 Å². The second-order valence-electron chi connectivity index (χ2n) is 5.15. The third-order valence-electron chi connectivity index (χ3n) is 3.46. The molecule has 1 aromatic rings. The Balaban J connectivity index is 2.32. The highest BCUT2D eigenvalue weighted by Crippen LogP contribution is 2.26. The molecule has 0 amide bonds. The molecule has 0 aliphatic heterocycles. The quantitative estimate of drug-likeness (QED) is 0.361. The van der Waals surface area contributed by atoms with Gasteiger partial charge in [-0.2, -0.15) is 0 Å². The molecule has 0 radical (unpaired) electrons. The number of nitrogens with one attached hydrogen (secondary N) is 1. The van der Waals surface area contributed by atoms with Crippen molar-refractivity contribution in [2.45, 2.75) is 64.3 Å². The van der Waals surface area contributed by atoms with Crippen LogP contribution in [0, 0.1) is 0 Å². The molecular weight excluding hydrogens is 293 g/mol. The van der Waals surface area contributed by atoms with E-state index in [4.69, 9.17) is 29.0 Å². The Hall–Kier alpha value is -0.350. The van der Waals surface area contributed by atoms with E-state index in [9.17, 15) is 0 Å². The van der Waals surface area contributed by atoms with Crippen LogP contribution in [0.15, 0.2) is 12.3 Å². The third kappa shape index (κ3) is 6.40. The molecule has 1 atom stereocenters. The van der Waals surface area contributed by atoms with Crippen molar-refractivity contribution in [3.8, 4) is 0 Å². The van der Waals surface area contributed by atoms with Crippen molar-refractivity contribution in [3.63, 3.8) is 0 Å². The predicted octanol–water partition coefficient (Wildman–Crippen LogP) is 5.03. The molecule has 1 aromatic heterocycles. The summed E-state index contributed by atoms with van der Waals surface area (Å²) in [6.45, 7) is 2.24. The molecule has 1 unspecified atom stereocenters. The van der Waals surface area contributed by atoms with Gasteiger partial charge in [-0.05, 0) is 12.5 Å². The molecule has 3 N–H and O–H groups in total. The zero-order valence-electron chi connectivity index (χ0n) is 12.2. The van der Waals surface area contributed by atoms with Crippen LogP contribution in [0.2, 0.25) is 10.0 Å². The average molecular weight is 318 g/mol. The van der Waals surface area contributed by atoms with Gasteiger partial charge in [-0.25, -0.2) is 0 Å². The van der Waals surface area contributed by atoms with Gasteiger partial charge in [0.25, 0.3) is 0 Å². The molecule has 1 rings (SSSR count). The topological polar surface area (TPSA) is 50.9 Å². The van der Waals surface area contributed by atoms with Crippen LogP contribution in [0.3, 0.4) is 0 Å². The van der Waals surface area contributed by atoms with E-state index >= 15 is 0 Å². The highest BCUT2D eigenvalue weighted by molar-refractivity contribution is 6.34. The van der Waals surface area contributed by atoms with Gasteiger partial charge in [0.2, 0.25) is 0 Å². The summed E-state index contributed by atoms with van der Waals surface area (Å²) in [5, 5.41) is 1.12. The molecular formula is C15H25Cl2N3. The fourth-order valence-corrected chi connectivity index (χ4v) is 2.80. The minimum Gasteiger partial charge on any atom is -0.271 e. The maximum absolute atomic E-state index is 6.16. The van der Waals surface area contributed by atoms with Crippen LogP contribution in [0.1, 0.15) is 70.0 Å². The van der Waals surface area contributed by atoms with Gasteiger partial charge < -0.3 is 0 Å². The molecule has 5 heteroatoms. The van der Waals surface area contributed by atoms with E-state index in [1.165, 1.54) is 38.5 Å². The first-order valence-electron chi connectivity index (χ1n) is 7.46. The van der Waals surface area contributed by atoms with E-state index in [1.807, 2.05) is 0 Å². The summed E-state index contributed by atoms with van der Waals surface area (Å²) in [4.78, 5) is 4.28. The lowest BCUT2D eigenvalue weighted by Crippen LogP contribution is -2.28. The lowest BCUT2D eigenvalue weighted by Gasteiger charge is -2.16. The number of pyridine rings is 1. The maximum atomic E-state index is 6.16. The number of nitrogens with two attached hydrogens (primary N) is 1. The largest absolute Gasteiger partial charge is 0.271 e. The summed E-state index contributed by atoms with van der Waals surface area (Å²) in [5.41, 5.74) is 3.58. The number of nitrogens with zero attached hydrogens (tertiary/aromatic N) is 1. The Morgan fingerprint density at radius 3 is 2.40 bits per heavy atom. The molecule has 0 aliphatic carbocycles. The number of aromatic nitrogens is 1. The van der Waals surface area contributed by atoms with Gasteiger partial charge in [0.15, 0.2) is 0 Å². The monoisotopic (exact) mass is 317 g/mol. The van der Waals surface area contributed by atoms with Gasteiger partial charge in [0, 0.05) is 6.20 Å². The van der Waals surface area contributed by atoms with Gasteiger partial charge in [0.05, 0.1) is 21.8 Å². The Labute approximate surface area is 132 Å². The molecule has 0 aliphatic rings. The van der Waals surface area contributed by atoms with E-state index in [0.29, 0.717) is 10.0 Å². The minimum absolute atomic E-state index is 0.00425. The molecule has 0 spiro atoms. The lowest BCUT2D eigenvalue weighted by atomic mass is 10.0. The van der Waals surface area contributed by atoms with Crippen molar-refractivity contribution in [2.24, 2.45) is 5.84 Å². The Bertz CT molecular complexity index is 385. The molecule has 0 aromatic carbocycles. The van der Waals surface area contributed by atoms with Gasteiger partial charge in [0.1, 0.15) is 0 Å². The number of hydrazine groups is 1. The van der Waals surface area contributed by atoms with Crippen LogP contribution < -0.4 is 11.3 Å². The van der Waals surface area contributed by atoms with Crippen molar-refractivity contribution in [2.75, 3.05) is 0 Å². The molecule has 0 fully saturated rings. The number of hydrogen-bond acceptors (Lipinski definition) is 3. The molecule has 0 bridgehead atoms. The lowest BCUT2D eigenvalue weighted by molar-refractivity contribution is 0.467. The maximum Gasteiger partial charge on any atom is 0.0773 e. The standard InChI is InChI=1S/C15H25Cl2N3/c1-2-3-4-5-6-7-8-9-14(20-18)15-13(17)10-12(16)11-19-15/h10-11,14,20H,2-9,18H2,1H3. The smallest absolute Gasteiger partial charge is 0.0773 e. The van der Waals surface area contributed by atoms with Crippen molar-refractivity contribution in [1.82, 2.24) is 10.4 Å². The Morgan fingerprint density at radius 1 is 1.15 bits per heavy atom. The number of hydrogen-bond donors (Lipinski definition) is 2. The first kappa shape index (κ1) is 17.7. The summed E-state index contributed by atoms with van der Waals surface area (Å²) in [7, 11) is 0. The predicted molar refractivity (Wildman–Crippen MR) is 86.9 cm³/mol. The summed E-state index contributed by atoms with van der Waals surface area (Å²) >= 11 is 12.0. The van der Waals surface area contributed by atoms with E-state index in [1.54, 1.807) is 12.3 Å². The van der Waals surface area contributed by atoms with Crippen LogP contribution in [-0.2, 0) is 0 Å². The number of unbranched alkanes of at least 4 members (excludes halogenated alkanes) is 6. The summed E-state index contributed by atoms with van der Waals surface area (Å²) < 4.78 is 0. The van der Waals surface area contributed by atoms with Crippen molar-refractivity contribution < 1.29 is 0 Å². The second-order valence-corrected chi connectivity index (χ2v) is 5.99. The van der Waals surface area contributed by atoms with Gasteiger partial charge in [-0.3, -0.25) is 16.3 Å². The Kier molecular flexibility index (Phi) is 9.19. The number of halogens is 2. The fourth-order valence-electron chi connectivity index (χ4n) is 2.29. The molecule has 114 valence electrons. The summed E-state index contributed by atoms with van der Waals surface area (Å²) in [5.74, 6) is 5.61. The van der Waals surface area contributed by atoms with Crippen LogP contribution >= 0.6 is 23.2 Å². The summed E-state index contributed by atoms with van der Waals surface area (Å²) in [6, 6.07) is 1.70. The highest BCUT2D eigenvalue weighted by Gasteiger charge is 2.14. The average Bonchev–Trinajstić information content (AvgIpc) is 2.43. The van der Waals surface area contributed by atoms with Crippen LogP contribution in [0.4, 0.5) is 0 Å². The highest BCUT2D eigenvalue weighted by atomic mass is 35.5.